The van der Waals surface area contributed by atoms with Crippen LogP contribution < -0.4 is 10.9 Å². The molecule has 0 spiro atoms. The minimum absolute atomic E-state index is 0.215. The highest BCUT2D eigenvalue weighted by atomic mass is 32.1. The fourth-order valence-corrected chi connectivity index (χ4v) is 4.81. The molecule has 4 nitrogen and oxygen atoms in total. The fourth-order valence-electron chi connectivity index (χ4n) is 3.12. The summed E-state index contributed by atoms with van der Waals surface area (Å²) in [5, 5.41) is 5.31. The first-order valence-electron chi connectivity index (χ1n) is 8.70. The molecule has 0 bridgehead atoms. The third-order valence-electron chi connectivity index (χ3n) is 4.49. The van der Waals surface area contributed by atoms with E-state index in [1.807, 2.05) is 30.5 Å². The summed E-state index contributed by atoms with van der Waals surface area (Å²) < 4.78 is 15.5. The summed E-state index contributed by atoms with van der Waals surface area (Å²) in [6, 6.07) is 11.8. The number of amides is 1. The van der Waals surface area contributed by atoms with E-state index in [-0.39, 0.29) is 17.3 Å². The minimum atomic E-state index is -0.315. The van der Waals surface area contributed by atoms with Gasteiger partial charge in [0.25, 0.3) is 11.5 Å². The molecule has 142 valence electrons. The predicted molar refractivity (Wildman–Crippen MR) is 112 cm³/mol. The second-order valence-electron chi connectivity index (χ2n) is 6.41. The lowest BCUT2D eigenvalue weighted by molar-refractivity contribution is 0.0952. The molecule has 1 aromatic carbocycles. The van der Waals surface area contributed by atoms with Crippen LogP contribution >= 0.6 is 22.7 Å². The number of thiophene rings is 2. The van der Waals surface area contributed by atoms with Gasteiger partial charge in [0.1, 0.15) is 5.82 Å². The van der Waals surface area contributed by atoms with E-state index in [9.17, 15) is 14.0 Å². The van der Waals surface area contributed by atoms with E-state index in [1.165, 1.54) is 23.5 Å². The Labute approximate surface area is 168 Å². The van der Waals surface area contributed by atoms with Crippen LogP contribution in [0.2, 0.25) is 0 Å². The van der Waals surface area contributed by atoms with Gasteiger partial charge in [-0.3, -0.25) is 9.59 Å². The van der Waals surface area contributed by atoms with Crippen LogP contribution in [0.4, 0.5) is 4.39 Å². The Morgan fingerprint density at radius 2 is 1.96 bits per heavy atom. The van der Waals surface area contributed by atoms with E-state index in [4.69, 9.17) is 0 Å². The number of nitrogens with zero attached hydrogens (tertiary/aromatic N) is 1. The van der Waals surface area contributed by atoms with Gasteiger partial charge in [0, 0.05) is 20.7 Å². The Bertz CT molecular complexity index is 1190. The maximum atomic E-state index is 13.1. The van der Waals surface area contributed by atoms with Gasteiger partial charge in [-0.05, 0) is 42.1 Å². The van der Waals surface area contributed by atoms with Crippen molar-refractivity contribution in [1.29, 1.82) is 0 Å². The highest BCUT2D eigenvalue weighted by Crippen LogP contribution is 2.28. The van der Waals surface area contributed by atoms with Crippen LogP contribution in [-0.2, 0) is 13.1 Å². The molecule has 0 aliphatic rings. The molecule has 1 amide bonds. The van der Waals surface area contributed by atoms with Gasteiger partial charge in [-0.15, -0.1) is 22.7 Å². The Morgan fingerprint density at radius 3 is 2.68 bits per heavy atom. The van der Waals surface area contributed by atoms with E-state index in [2.05, 4.69) is 5.32 Å². The van der Waals surface area contributed by atoms with Gasteiger partial charge in [0.15, 0.2) is 0 Å². The van der Waals surface area contributed by atoms with Crippen molar-refractivity contribution in [2.45, 2.75) is 20.0 Å². The van der Waals surface area contributed by atoms with Crippen LogP contribution in [0.1, 0.15) is 25.7 Å². The summed E-state index contributed by atoms with van der Waals surface area (Å²) in [6.07, 6.45) is 1.72. The lowest BCUT2D eigenvalue weighted by Gasteiger charge is -2.08. The smallest absolute Gasteiger partial charge is 0.260 e. The number of rotatable bonds is 5. The normalized spacial score (nSPS) is 11.1. The number of hydrogen-bond donors (Lipinski definition) is 1. The van der Waals surface area contributed by atoms with E-state index >= 15 is 0 Å². The predicted octanol–water partition coefficient (Wildman–Crippen LogP) is 4.55. The molecule has 0 radical (unpaired) electrons. The van der Waals surface area contributed by atoms with Crippen LogP contribution in [-0.4, -0.2) is 10.5 Å². The van der Waals surface area contributed by atoms with Gasteiger partial charge in [0.05, 0.1) is 24.0 Å². The van der Waals surface area contributed by atoms with Crippen molar-refractivity contribution in [2.75, 3.05) is 0 Å². The third kappa shape index (κ3) is 3.63. The molecule has 3 heterocycles. The first-order valence-corrected chi connectivity index (χ1v) is 10.4. The summed E-state index contributed by atoms with van der Waals surface area (Å²) in [6.45, 7) is 2.61. The molecule has 1 N–H and O–H groups in total. The number of aromatic nitrogens is 1. The fraction of sp³-hybridized carbons (Fsp3) is 0.143. The number of fused-ring (bicyclic) bond motifs is 1. The lowest BCUT2D eigenvalue weighted by atomic mass is 10.1. The Balaban J connectivity index is 1.68. The summed E-state index contributed by atoms with van der Waals surface area (Å²) in [5.41, 5.74) is 1.04. The molecule has 4 rings (SSSR count). The van der Waals surface area contributed by atoms with Crippen LogP contribution in [0.3, 0.4) is 0 Å². The molecule has 0 unspecified atom stereocenters. The molecule has 0 saturated heterocycles. The second-order valence-corrected chi connectivity index (χ2v) is 8.70. The standard InChI is InChI=1S/C21H17FN2O2S2/c1-13-18(20(25)23-11-16-3-2-10-27-16)19-17(28-13)8-9-24(21(19)26)12-14-4-6-15(22)7-5-14/h2-10H,11-12H2,1H3,(H,23,25). The zero-order chi connectivity index (χ0) is 19.7. The first-order chi connectivity index (χ1) is 13.5. The molecule has 0 atom stereocenters. The minimum Gasteiger partial charge on any atom is -0.347 e. The van der Waals surface area contributed by atoms with Crippen molar-refractivity contribution in [1.82, 2.24) is 9.88 Å². The average Bonchev–Trinajstić information content (AvgIpc) is 3.31. The number of benzene rings is 1. The van der Waals surface area contributed by atoms with E-state index < -0.39 is 0 Å². The summed E-state index contributed by atoms with van der Waals surface area (Å²) in [4.78, 5) is 27.8. The number of carbonyl (C=O) groups excluding carboxylic acids is 1. The van der Waals surface area contributed by atoms with Crippen molar-refractivity contribution in [3.05, 3.63) is 91.1 Å². The topological polar surface area (TPSA) is 51.1 Å². The van der Waals surface area contributed by atoms with Crippen molar-refractivity contribution >= 4 is 38.7 Å². The molecule has 0 saturated carbocycles. The number of hydrogen-bond acceptors (Lipinski definition) is 4. The van der Waals surface area contributed by atoms with E-state index in [1.54, 1.807) is 34.2 Å². The monoisotopic (exact) mass is 412 g/mol. The molecular formula is C21H17FN2O2S2. The number of carbonyl (C=O) groups is 1. The van der Waals surface area contributed by atoms with E-state index in [0.29, 0.717) is 24.0 Å². The molecule has 3 aromatic heterocycles. The molecule has 0 aliphatic heterocycles. The molecule has 28 heavy (non-hydrogen) atoms. The zero-order valence-electron chi connectivity index (χ0n) is 15.1. The largest absolute Gasteiger partial charge is 0.347 e. The van der Waals surface area contributed by atoms with Gasteiger partial charge in [-0.2, -0.15) is 0 Å². The zero-order valence-corrected chi connectivity index (χ0v) is 16.7. The summed E-state index contributed by atoms with van der Waals surface area (Å²) >= 11 is 3.01. The number of halogens is 1. The average molecular weight is 413 g/mol. The maximum absolute atomic E-state index is 13.1. The van der Waals surface area contributed by atoms with Crippen molar-refractivity contribution < 1.29 is 9.18 Å². The van der Waals surface area contributed by atoms with Gasteiger partial charge in [-0.1, -0.05) is 18.2 Å². The van der Waals surface area contributed by atoms with Crippen molar-refractivity contribution in [3.8, 4) is 0 Å². The van der Waals surface area contributed by atoms with Gasteiger partial charge < -0.3 is 9.88 Å². The highest BCUT2D eigenvalue weighted by molar-refractivity contribution is 7.19. The second kappa shape index (κ2) is 7.69. The molecule has 4 aromatic rings. The SMILES string of the molecule is Cc1sc2ccn(Cc3ccc(F)cc3)c(=O)c2c1C(=O)NCc1cccs1. The Morgan fingerprint density at radius 1 is 1.18 bits per heavy atom. The Kier molecular flexibility index (Phi) is 5.11. The molecule has 7 heteroatoms. The van der Waals surface area contributed by atoms with Crippen molar-refractivity contribution in [3.63, 3.8) is 0 Å². The van der Waals surface area contributed by atoms with Gasteiger partial charge in [-0.25, -0.2) is 4.39 Å². The van der Waals surface area contributed by atoms with E-state index in [0.717, 1.165) is 20.0 Å². The lowest BCUT2D eigenvalue weighted by Crippen LogP contribution is -2.26. The van der Waals surface area contributed by atoms with Crippen molar-refractivity contribution in [2.24, 2.45) is 0 Å². The molecular weight excluding hydrogens is 395 g/mol. The van der Waals surface area contributed by atoms with Crippen LogP contribution in [0.15, 0.2) is 58.8 Å². The van der Waals surface area contributed by atoms with Crippen LogP contribution in [0, 0.1) is 12.7 Å². The molecule has 0 fully saturated rings. The number of aryl methyl sites for hydroxylation is 1. The first kappa shape index (κ1) is 18.6. The van der Waals surface area contributed by atoms with Gasteiger partial charge >= 0.3 is 0 Å². The maximum Gasteiger partial charge on any atom is 0.260 e. The Hall–Kier alpha value is -2.77. The third-order valence-corrected chi connectivity index (χ3v) is 6.44. The number of nitrogens with one attached hydrogen (secondary N) is 1. The van der Waals surface area contributed by atoms with Crippen LogP contribution in [0.5, 0.6) is 0 Å². The summed E-state index contributed by atoms with van der Waals surface area (Å²) in [7, 11) is 0. The molecule has 0 aliphatic carbocycles. The van der Waals surface area contributed by atoms with Gasteiger partial charge in [0.2, 0.25) is 0 Å². The van der Waals surface area contributed by atoms with Crippen LogP contribution in [0.25, 0.3) is 10.1 Å². The summed E-state index contributed by atoms with van der Waals surface area (Å²) in [5.74, 6) is -0.557. The number of pyridine rings is 1. The highest BCUT2D eigenvalue weighted by Gasteiger charge is 2.20. The quantitative estimate of drug-likeness (QED) is 0.523.